The Morgan fingerprint density at radius 1 is 1.28 bits per heavy atom. The Kier molecular flexibility index (Phi) is 9.21. The lowest BCUT2D eigenvalue weighted by Gasteiger charge is -2.32. The molecule has 9 nitrogen and oxygen atoms in total. The van der Waals surface area contributed by atoms with Gasteiger partial charge in [-0.05, 0) is 37.1 Å². The number of sulfonamides is 1. The van der Waals surface area contributed by atoms with Gasteiger partial charge in [0.2, 0.25) is 21.8 Å². The molecule has 1 saturated heterocycles. The number of amides is 2. The van der Waals surface area contributed by atoms with Crippen LogP contribution < -0.4 is 20.9 Å². The van der Waals surface area contributed by atoms with E-state index in [1.165, 1.54) is 23.9 Å². The fourth-order valence-electron chi connectivity index (χ4n) is 2.95. The highest BCUT2D eigenvalue weighted by molar-refractivity contribution is 7.99. The molecule has 1 aliphatic rings. The van der Waals surface area contributed by atoms with Crippen LogP contribution in [0.2, 0.25) is 0 Å². The molecule has 0 saturated carbocycles. The molecule has 29 heavy (non-hydrogen) atoms. The average Bonchev–Trinajstić information content (AvgIpc) is 2.71. The number of rotatable bonds is 10. The molecule has 1 aromatic carbocycles. The van der Waals surface area contributed by atoms with Crippen molar-refractivity contribution in [3.05, 3.63) is 24.3 Å². The standard InChI is InChI=1S/C18H28N4O5S2/c19-7-8-21-18(24)14-2-1-9-22(12-14)17(23)13-28-11-10-27-15-3-5-16(6-4-15)29(20,25)26/h3-6,14H,1-2,7-13,19H2,(H,21,24)(H2,20,25,26). The summed E-state index contributed by atoms with van der Waals surface area (Å²) in [6, 6.07) is 5.86. The smallest absolute Gasteiger partial charge is 0.238 e. The van der Waals surface area contributed by atoms with Crippen LogP contribution in [0.25, 0.3) is 0 Å². The maximum absolute atomic E-state index is 12.4. The van der Waals surface area contributed by atoms with Gasteiger partial charge in [0, 0.05) is 31.9 Å². The molecule has 0 radical (unpaired) electrons. The fourth-order valence-corrected chi connectivity index (χ4v) is 4.17. The third kappa shape index (κ3) is 7.84. The van der Waals surface area contributed by atoms with Crippen molar-refractivity contribution >= 4 is 33.6 Å². The lowest BCUT2D eigenvalue weighted by molar-refractivity contribution is -0.133. The van der Waals surface area contributed by atoms with Crippen LogP contribution in [0.1, 0.15) is 12.8 Å². The molecule has 0 aromatic heterocycles. The predicted octanol–water partition coefficient (Wildman–Crippen LogP) is -0.240. The number of hydrogen-bond acceptors (Lipinski definition) is 7. The Morgan fingerprint density at radius 3 is 2.66 bits per heavy atom. The Hall–Kier alpha value is -1.82. The van der Waals surface area contributed by atoms with Crippen molar-refractivity contribution in [1.82, 2.24) is 10.2 Å². The maximum Gasteiger partial charge on any atom is 0.238 e. The van der Waals surface area contributed by atoms with E-state index < -0.39 is 10.0 Å². The molecule has 2 rings (SSSR count). The highest BCUT2D eigenvalue weighted by Crippen LogP contribution is 2.18. The van der Waals surface area contributed by atoms with Gasteiger partial charge < -0.3 is 20.7 Å². The zero-order chi connectivity index (χ0) is 21.3. The number of nitrogens with zero attached hydrogens (tertiary/aromatic N) is 1. The summed E-state index contributed by atoms with van der Waals surface area (Å²) in [6.45, 7) is 2.35. The van der Waals surface area contributed by atoms with Gasteiger partial charge in [0.05, 0.1) is 23.2 Å². The topological polar surface area (TPSA) is 145 Å². The quantitative estimate of drug-likeness (QED) is 0.422. The van der Waals surface area contributed by atoms with E-state index in [0.29, 0.717) is 50.0 Å². The molecule has 0 bridgehead atoms. The SMILES string of the molecule is NCCNC(=O)C1CCCN(C(=O)CSCCOc2ccc(S(N)(=O)=O)cc2)C1. The number of carbonyl (C=O) groups is 2. The van der Waals surface area contributed by atoms with Gasteiger partial charge in [-0.25, -0.2) is 13.6 Å². The van der Waals surface area contributed by atoms with Crippen molar-refractivity contribution < 1.29 is 22.7 Å². The lowest BCUT2D eigenvalue weighted by Crippen LogP contribution is -2.46. The molecule has 1 fully saturated rings. The third-order valence-electron chi connectivity index (χ3n) is 4.46. The lowest BCUT2D eigenvalue weighted by atomic mass is 9.97. The van der Waals surface area contributed by atoms with Crippen LogP contribution in [0.4, 0.5) is 0 Å². The maximum atomic E-state index is 12.4. The van der Waals surface area contributed by atoms with Gasteiger partial charge in [-0.3, -0.25) is 9.59 Å². The van der Waals surface area contributed by atoms with Gasteiger partial charge in [0.1, 0.15) is 5.75 Å². The second-order valence-corrected chi connectivity index (χ2v) is 9.34. The summed E-state index contributed by atoms with van der Waals surface area (Å²) in [5.41, 5.74) is 5.40. The van der Waals surface area contributed by atoms with Crippen LogP contribution >= 0.6 is 11.8 Å². The molecule has 2 amide bonds. The Balaban J connectivity index is 1.67. The van der Waals surface area contributed by atoms with Crippen LogP contribution in [0.3, 0.4) is 0 Å². The minimum absolute atomic E-state index is 0.0174. The van der Waals surface area contributed by atoms with Crippen LogP contribution in [0, 0.1) is 5.92 Å². The Labute approximate surface area is 175 Å². The van der Waals surface area contributed by atoms with Gasteiger partial charge >= 0.3 is 0 Å². The second kappa shape index (κ2) is 11.4. The number of hydrogen-bond donors (Lipinski definition) is 3. The van der Waals surface area contributed by atoms with Crippen molar-refractivity contribution in [2.24, 2.45) is 16.8 Å². The summed E-state index contributed by atoms with van der Waals surface area (Å²) >= 11 is 1.46. The molecule has 1 heterocycles. The Bertz CT molecular complexity index is 786. The highest BCUT2D eigenvalue weighted by atomic mass is 32.2. The summed E-state index contributed by atoms with van der Waals surface area (Å²) in [7, 11) is -3.72. The number of primary sulfonamides is 1. The van der Waals surface area contributed by atoms with Gasteiger partial charge in [-0.1, -0.05) is 0 Å². The van der Waals surface area contributed by atoms with Crippen molar-refractivity contribution in [3.8, 4) is 5.75 Å². The average molecular weight is 445 g/mol. The molecule has 0 spiro atoms. The first-order valence-electron chi connectivity index (χ1n) is 9.40. The predicted molar refractivity (Wildman–Crippen MR) is 112 cm³/mol. The number of carbonyl (C=O) groups excluding carboxylic acids is 2. The van der Waals surface area contributed by atoms with Crippen molar-refractivity contribution in [3.63, 3.8) is 0 Å². The highest BCUT2D eigenvalue weighted by Gasteiger charge is 2.27. The summed E-state index contributed by atoms with van der Waals surface area (Å²) in [4.78, 5) is 26.2. The van der Waals surface area contributed by atoms with Gasteiger partial charge in [0.15, 0.2) is 0 Å². The molecule has 1 aromatic rings. The molecule has 1 atom stereocenters. The van der Waals surface area contributed by atoms with Crippen molar-refractivity contribution in [2.45, 2.75) is 17.7 Å². The summed E-state index contributed by atoms with van der Waals surface area (Å²) in [6.07, 6.45) is 1.60. The normalized spacial score (nSPS) is 17.0. The molecular weight excluding hydrogens is 416 g/mol. The first-order chi connectivity index (χ1) is 13.8. The molecule has 1 unspecified atom stereocenters. The van der Waals surface area contributed by atoms with Crippen molar-refractivity contribution in [2.75, 3.05) is 44.3 Å². The monoisotopic (exact) mass is 444 g/mol. The van der Waals surface area contributed by atoms with E-state index in [1.54, 1.807) is 17.0 Å². The van der Waals surface area contributed by atoms with Gasteiger partial charge in [-0.2, -0.15) is 0 Å². The van der Waals surface area contributed by atoms with E-state index in [2.05, 4.69) is 5.32 Å². The van der Waals surface area contributed by atoms with Crippen LogP contribution in [-0.4, -0.2) is 69.4 Å². The number of thioether (sulfide) groups is 1. The van der Waals surface area contributed by atoms with Gasteiger partial charge in [-0.15, -0.1) is 11.8 Å². The molecule has 162 valence electrons. The minimum atomic E-state index is -3.72. The minimum Gasteiger partial charge on any atom is -0.493 e. The zero-order valence-corrected chi connectivity index (χ0v) is 17.8. The molecule has 1 aliphatic heterocycles. The summed E-state index contributed by atoms with van der Waals surface area (Å²) in [5.74, 6) is 1.27. The van der Waals surface area contributed by atoms with Crippen LogP contribution in [-0.2, 0) is 19.6 Å². The van der Waals surface area contributed by atoms with Crippen LogP contribution in [0.5, 0.6) is 5.75 Å². The number of benzene rings is 1. The number of ether oxygens (including phenoxy) is 1. The third-order valence-corrected chi connectivity index (χ3v) is 6.30. The van der Waals surface area contributed by atoms with E-state index in [0.717, 1.165) is 12.8 Å². The zero-order valence-electron chi connectivity index (χ0n) is 16.2. The molecule has 11 heteroatoms. The number of likely N-dealkylation sites (tertiary alicyclic amines) is 1. The second-order valence-electron chi connectivity index (χ2n) is 6.68. The first kappa shape index (κ1) is 23.5. The summed E-state index contributed by atoms with van der Waals surface area (Å²) in [5, 5.41) is 7.83. The number of nitrogens with two attached hydrogens (primary N) is 2. The largest absolute Gasteiger partial charge is 0.493 e. The fraction of sp³-hybridized carbons (Fsp3) is 0.556. The van der Waals surface area contributed by atoms with E-state index in [-0.39, 0.29) is 22.6 Å². The first-order valence-corrected chi connectivity index (χ1v) is 12.1. The Morgan fingerprint density at radius 2 is 2.00 bits per heavy atom. The molecule has 0 aliphatic carbocycles. The van der Waals surface area contributed by atoms with Crippen molar-refractivity contribution in [1.29, 1.82) is 0 Å². The van der Waals surface area contributed by atoms with E-state index in [1.807, 2.05) is 0 Å². The van der Waals surface area contributed by atoms with Crippen LogP contribution in [0.15, 0.2) is 29.2 Å². The number of piperidine rings is 1. The van der Waals surface area contributed by atoms with E-state index in [9.17, 15) is 18.0 Å². The number of nitrogens with one attached hydrogen (secondary N) is 1. The molecule has 5 N–H and O–H groups in total. The van der Waals surface area contributed by atoms with Gasteiger partial charge in [0.25, 0.3) is 0 Å². The summed E-state index contributed by atoms with van der Waals surface area (Å²) < 4.78 is 28.0. The van der Waals surface area contributed by atoms with E-state index in [4.69, 9.17) is 15.6 Å². The molecular formula is C18H28N4O5S2. The van der Waals surface area contributed by atoms with E-state index >= 15 is 0 Å².